The summed E-state index contributed by atoms with van der Waals surface area (Å²) in [6.45, 7) is 1.70. The van der Waals surface area contributed by atoms with Crippen LogP contribution in [0.3, 0.4) is 0 Å². The van der Waals surface area contributed by atoms with Crippen molar-refractivity contribution >= 4 is 45.6 Å². The smallest absolute Gasteiger partial charge is 0.254 e. The fourth-order valence-electron chi connectivity index (χ4n) is 1.04. The van der Waals surface area contributed by atoms with Crippen LogP contribution < -0.4 is 0 Å². The number of nitrogens with zero attached hydrogens (tertiary/aromatic N) is 1. The van der Waals surface area contributed by atoms with E-state index in [-0.39, 0.29) is 22.7 Å². The summed E-state index contributed by atoms with van der Waals surface area (Å²) in [6, 6.07) is 3.00. The van der Waals surface area contributed by atoms with Crippen LogP contribution in [0.5, 0.6) is 0 Å². The lowest BCUT2D eigenvalue weighted by Crippen LogP contribution is -1.91. The Labute approximate surface area is 94.3 Å². The molecular formula is C8H5Cl2NO2S. The first-order valence-electron chi connectivity index (χ1n) is 3.56. The Morgan fingerprint density at radius 1 is 1.50 bits per heavy atom. The molecule has 0 fully saturated rings. The molecule has 0 heterocycles. The van der Waals surface area contributed by atoms with Crippen LogP contribution in [-0.2, 0) is 11.5 Å². The van der Waals surface area contributed by atoms with Gasteiger partial charge in [-0.15, -0.1) is 0 Å². The van der Waals surface area contributed by atoms with Gasteiger partial charge in [-0.05, 0) is 36.2 Å². The quantitative estimate of drug-likeness (QED) is 0.757. The molecule has 0 aliphatic carbocycles. The van der Waals surface area contributed by atoms with E-state index in [1.54, 1.807) is 13.0 Å². The molecule has 0 atom stereocenters. The summed E-state index contributed by atoms with van der Waals surface area (Å²) in [5.74, 6) is 0. The van der Waals surface area contributed by atoms with Crippen LogP contribution in [0.15, 0.2) is 16.5 Å². The molecule has 0 aromatic heterocycles. The van der Waals surface area contributed by atoms with E-state index in [1.807, 2.05) is 0 Å². The Morgan fingerprint density at radius 3 is 2.64 bits per heavy atom. The van der Waals surface area contributed by atoms with Crippen molar-refractivity contribution in [2.24, 2.45) is 4.36 Å². The van der Waals surface area contributed by atoms with Gasteiger partial charge in [-0.25, -0.2) is 0 Å². The zero-order valence-electron chi connectivity index (χ0n) is 7.08. The molecule has 14 heavy (non-hydrogen) atoms. The van der Waals surface area contributed by atoms with Crippen LogP contribution in [0.1, 0.15) is 15.9 Å². The van der Waals surface area contributed by atoms with Gasteiger partial charge in [-0.3, -0.25) is 4.79 Å². The average Bonchev–Trinajstić information content (AvgIpc) is 2.09. The molecule has 3 nitrogen and oxygen atoms in total. The van der Waals surface area contributed by atoms with Gasteiger partial charge < -0.3 is 0 Å². The van der Waals surface area contributed by atoms with Gasteiger partial charge in [-0.1, -0.05) is 11.6 Å². The molecule has 0 aliphatic heterocycles. The van der Waals surface area contributed by atoms with Gasteiger partial charge in [-0.2, -0.15) is 8.57 Å². The Balaban J connectivity index is 3.51. The average molecular weight is 250 g/mol. The summed E-state index contributed by atoms with van der Waals surface area (Å²) in [4.78, 5) is 11.0. The van der Waals surface area contributed by atoms with Crippen molar-refractivity contribution in [2.75, 3.05) is 0 Å². The lowest BCUT2D eigenvalue weighted by atomic mass is 10.1. The van der Waals surface area contributed by atoms with Crippen molar-refractivity contribution < 1.29 is 9.00 Å². The van der Waals surface area contributed by atoms with Gasteiger partial charge in [0, 0.05) is 5.02 Å². The second kappa shape index (κ2) is 4.68. The highest BCUT2D eigenvalue weighted by atomic mass is 35.5. The third-order valence-electron chi connectivity index (χ3n) is 1.61. The summed E-state index contributed by atoms with van der Waals surface area (Å²) in [7, 11) is 0. The van der Waals surface area contributed by atoms with Gasteiger partial charge in [0.1, 0.15) is 0 Å². The fraction of sp³-hybridized carbons (Fsp3) is 0.125. The van der Waals surface area contributed by atoms with Crippen LogP contribution in [0.2, 0.25) is 5.02 Å². The second-order valence-electron chi connectivity index (χ2n) is 2.56. The molecule has 0 amide bonds. The van der Waals surface area contributed by atoms with Crippen LogP contribution in [0, 0.1) is 6.92 Å². The van der Waals surface area contributed by atoms with Crippen molar-refractivity contribution in [1.29, 1.82) is 0 Å². The zero-order valence-corrected chi connectivity index (χ0v) is 9.41. The molecule has 0 radical (unpaired) electrons. The Bertz CT molecular complexity index is 441. The van der Waals surface area contributed by atoms with Crippen molar-refractivity contribution in [3.05, 3.63) is 28.3 Å². The standard InChI is InChI=1S/C8H5Cl2NO2S/c1-4-2-5(9)3-6(8(10)12)7(4)11-14-13/h2-3H,1H3. The Hall–Kier alpha value is -0.710. The van der Waals surface area contributed by atoms with E-state index in [9.17, 15) is 9.00 Å². The van der Waals surface area contributed by atoms with E-state index in [0.717, 1.165) is 0 Å². The van der Waals surface area contributed by atoms with Crippen LogP contribution in [0.4, 0.5) is 5.69 Å². The summed E-state index contributed by atoms with van der Waals surface area (Å²) in [6.07, 6.45) is 0. The molecule has 6 heteroatoms. The first-order valence-corrected chi connectivity index (χ1v) is 5.01. The number of carbonyl (C=O) groups excluding carboxylic acids is 1. The number of halogens is 2. The maximum Gasteiger partial charge on any atom is 0.254 e. The lowest BCUT2D eigenvalue weighted by molar-refractivity contribution is 0.108. The molecule has 1 aromatic rings. The largest absolute Gasteiger partial charge is 0.276 e. The number of aryl methyl sites for hydroxylation is 1. The highest BCUT2D eigenvalue weighted by molar-refractivity contribution is 7.54. The highest BCUT2D eigenvalue weighted by Gasteiger charge is 2.12. The molecule has 0 saturated heterocycles. The third kappa shape index (κ3) is 2.41. The first kappa shape index (κ1) is 11.4. The van der Waals surface area contributed by atoms with Gasteiger partial charge in [0.15, 0.2) is 0 Å². The normalized spacial score (nSPS) is 9.64. The van der Waals surface area contributed by atoms with Crippen LogP contribution in [0.25, 0.3) is 0 Å². The third-order valence-corrected chi connectivity index (χ3v) is 2.28. The van der Waals surface area contributed by atoms with Crippen molar-refractivity contribution in [2.45, 2.75) is 6.92 Å². The summed E-state index contributed by atoms with van der Waals surface area (Å²) in [5.41, 5.74) is 1.08. The van der Waals surface area contributed by atoms with Crippen molar-refractivity contribution in [3.8, 4) is 0 Å². The van der Waals surface area contributed by atoms with E-state index in [4.69, 9.17) is 23.2 Å². The molecule has 1 aromatic carbocycles. The molecular weight excluding hydrogens is 245 g/mol. The Morgan fingerprint density at radius 2 is 2.14 bits per heavy atom. The van der Waals surface area contributed by atoms with E-state index in [1.165, 1.54) is 6.07 Å². The van der Waals surface area contributed by atoms with Gasteiger partial charge in [0.05, 0.1) is 11.3 Å². The molecule has 0 bridgehead atoms. The molecule has 0 N–H and O–H groups in total. The van der Waals surface area contributed by atoms with Crippen LogP contribution >= 0.6 is 23.2 Å². The maximum atomic E-state index is 11.0. The minimum atomic E-state index is -0.677. The molecule has 0 unspecified atom stereocenters. The summed E-state index contributed by atoms with van der Waals surface area (Å²) >= 11 is 11.1. The maximum absolute atomic E-state index is 11.0. The van der Waals surface area contributed by atoms with Crippen molar-refractivity contribution in [1.82, 2.24) is 0 Å². The number of rotatable bonds is 2. The monoisotopic (exact) mass is 249 g/mol. The summed E-state index contributed by atoms with van der Waals surface area (Å²) < 4.78 is 13.8. The minimum Gasteiger partial charge on any atom is -0.276 e. The Kier molecular flexibility index (Phi) is 3.80. The van der Waals surface area contributed by atoms with Gasteiger partial charge >= 0.3 is 0 Å². The molecule has 0 spiro atoms. The lowest BCUT2D eigenvalue weighted by Gasteiger charge is -2.03. The van der Waals surface area contributed by atoms with Gasteiger partial charge in [0.2, 0.25) is 11.5 Å². The van der Waals surface area contributed by atoms with E-state index >= 15 is 0 Å². The highest BCUT2D eigenvalue weighted by Crippen LogP contribution is 2.29. The van der Waals surface area contributed by atoms with Gasteiger partial charge in [0.25, 0.3) is 5.24 Å². The van der Waals surface area contributed by atoms with E-state index in [0.29, 0.717) is 10.6 Å². The summed E-state index contributed by atoms with van der Waals surface area (Å²) in [5, 5.41) is -0.287. The predicted molar refractivity (Wildman–Crippen MR) is 56.6 cm³/mol. The molecule has 0 saturated carbocycles. The predicted octanol–water partition coefficient (Wildman–Crippen LogP) is 3.06. The zero-order chi connectivity index (χ0) is 10.7. The number of carbonyl (C=O) groups is 1. The number of hydrogen-bond acceptors (Lipinski definition) is 3. The second-order valence-corrected chi connectivity index (χ2v) is 3.67. The molecule has 0 aliphatic rings. The van der Waals surface area contributed by atoms with E-state index < -0.39 is 5.24 Å². The molecule has 1 rings (SSSR count). The topological polar surface area (TPSA) is 46.5 Å². The molecule has 74 valence electrons. The van der Waals surface area contributed by atoms with E-state index in [2.05, 4.69) is 4.36 Å². The SMILES string of the molecule is Cc1cc(Cl)cc(C(=O)Cl)c1N=S=O. The first-order chi connectivity index (χ1) is 6.56. The fourth-order valence-corrected chi connectivity index (χ4v) is 1.78. The van der Waals surface area contributed by atoms with Crippen LogP contribution in [-0.4, -0.2) is 9.45 Å². The number of benzene rings is 1. The van der Waals surface area contributed by atoms with Crippen molar-refractivity contribution in [3.63, 3.8) is 0 Å². The number of hydrogen-bond donors (Lipinski definition) is 0. The minimum absolute atomic E-state index is 0.0274.